The molecule has 10 nitrogen and oxygen atoms in total. The van der Waals surface area contributed by atoms with E-state index in [9.17, 15) is 24.8 Å². The van der Waals surface area contributed by atoms with E-state index in [1.807, 2.05) is 0 Å². The molecule has 0 unspecified atom stereocenters. The summed E-state index contributed by atoms with van der Waals surface area (Å²) in [6, 6.07) is -1.08. The lowest BCUT2D eigenvalue weighted by Gasteiger charge is -2.20. The van der Waals surface area contributed by atoms with Crippen molar-refractivity contribution in [3.63, 3.8) is 0 Å². The number of carboxylic acids is 1. The maximum Gasteiger partial charge on any atom is 0.326 e. The van der Waals surface area contributed by atoms with Gasteiger partial charge in [0, 0.05) is 13.0 Å². The number of nitrogens with zero attached hydrogens (tertiary/aromatic N) is 4. The lowest BCUT2D eigenvalue weighted by molar-refractivity contribution is -0.385. The number of carboxylic acid groups (broad SMARTS) is 1. The minimum atomic E-state index is -1.19. The lowest BCUT2D eigenvalue weighted by atomic mass is 10.2. The van der Waals surface area contributed by atoms with Crippen LogP contribution in [0.1, 0.15) is 6.42 Å². The fraction of sp³-hybridized carbons (Fsp3) is 0.500. The van der Waals surface area contributed by atoms with Gasteiger partial charge in [0.2, 0.25) is 5.91 Å². The van der Waals surface area contributed by atoms with E-state index in [4.69, 9.17) is 5.11 Å². The summed E-state index contributed by atoms with van der Waals surface area (Å²) < 4.78 is 1.06. The predicted octanol–water partition coefficient (Wildman–Crippen LogP) is -1.16. The van der Waals surface area contributed by atoms with Gasteiger partial charge in [-0.25, -0.2) is 4.79 Å². The molecule has 2 rings (SSSR count). The number of aliphatic hydroxyl groups excluding tert-OH is 1. The van der Waals surface area contributed by atoms with Gasteiger partial charge in [-0.05, 0) is 0 Å². The molecule has 1 saturated heterocycles. The zero-order valence-corrected chi connectivity index (χ0v) is 10.2. The van der Waals surface area contributed by atoms with Gasteiger partial charge in [0.1, 0.15) is 25.0 Å². The van der Waals surface area contributed by atoms with Gasteiger partial charge >= 0.3 is 11.7 Å². The van der Waals surface area contributed by atoms with Crippen molar-refractivity contribution in [2.45, 2.75) is 25.1 Å². The number of likely N-dealkylation sites (tertiary alicyclic amines) is 1. The molecule has 1 fully saturated rings. The molecule has 10 heteroatoms. The van der Waals surface area contributed by atoms with Crippen molar-refractivity contribution >= 4 is 17.6 Å². The highest BCUT2D eigenvalue weighted by molar-refractivity contribution is 5.84. The summed E-state index contributed by atoms with van der Waals surface area (Å²) >= 11 is 0. The van der Waals surface area contributed by atoms with Gasteiger partial charge in [0.05, 0.1) is 11.0 Å². The van der Waals surface area contributed by atoms with Crippen molar-refractivity contribution in [3.05, 3.63) is 22.5 Å². The molecular weight excluding hydrogens is 272 g/mol. The Morgan fingerprint density at radius 3 is 2.80 bits per heavy atom. The molecule has 1 amide bonds. The van der Waals surface area contributed by atoms with Crippen LogP contribution in [0.15, 0.2) is 12.4 Å². The Morgan fingerprint density at radius 1 is 1.55 bits per heavy atom. The summed E-state index contributed by atoms with van der Waals surface area (Å²) in [4.78, 5) is 33.8. The Balaban J connectivity index is 2.07. The number of β-amino-alcohol motifs (C(OH)–C–C–N with tert-alkyl or cyclic N) is 1. The molecule has 108 valence electrons. The van der Waals surface area contributed by atoms with Crippen molar-refractivity contribution in [1.29, 1.82) is 0 Å². The lowest BCUT2D eigenvalue weighted by Crippen LogP contribution is -2.42. The van der Waals surface area contributed by atoms with Gasteiger partial charge in [-0.3, -0.25) is 19.6 Å². The van der Waals surface area contributed by atoms with Gasteiger partial charge in [0.15, 0.2) is 0 Å². The molecule has 0 aliphatic carbocycles. The van der Waals surface area contributed by atoms with E-state index < -0.39 is 28.9 Å². The summed E-state index contributed by atoms with van der Waals surface area (Å²) in [6.45, 7) is -0.385. The number of rotatable bonds is 4. The minimum absolute atomic E-state index is 0.0275. The third-order valence-electron chi connectivity index (χ3n) is 3.01. The van der Waals surface area contributed by atoms with E-state index in [0.29, 0.717) is 0 Å². The number of aliphatic carboxylic acids is 1. The van der Waals surface area contributed by atoms with Gasteiger partial charge in [-0.2, -0.15) is 5.10 Å². The van der Waals surface area contributed by atoms with Crippen molar-refractivity contribution in [3.8, 4) is 0 Å². The maximum atomic E-state index is 12.0. The topological polar surface area (TPSA) is 139 Å². The first-order valence-electron chi connectivity index (χ1n) is 5.75. The molecule has 1 aliphatic rings. The van der Waals surface area contributed by atoms with Crippen LogP contribution < -0.4 is 0 Å². The Labute approximate surface area is 112 Å². The average Bonchev–Trinajstić information content (AvgIpc) is 2.95. The summed E-state index contributed by atoms with van der Waals surface area (Å²) in [7, 11) is 0. The molecule has 0 bridgehead atoms. The van der Waals surface area contributed by atoms with Crippen molar-refractivity contribution in [2.75, 3.05) is 6.54 Å². The number of carbonyl (C=O) groups excluding carboxylic acids is 1. The number of amides is 1. The largest absolute Gasteiger partial charge is 0.480 e. The number of hydrogen-bond acceptors (Lipinski definition) is 6. The molecule has 0 aromatic carbocycles. The van der Waals surface area contributed by atoms with Crippen molar-refractivity contribution in [1.82, 2.24) is 14.7 Å². The number of carbonyl (C=O) groups is 2. The summed E-state index contributed by atoms with van der Waals surface area (Å²) in [5.74, 6) is -1.76. The normalized spacial score (nSPS) is 21.9. The smallest absolute Gasteiger partial charge is 0.326 e. The highest BCUT2D eigenvalue weighted by atomic mass is 16.6. The molecular formula is C10H12N4O6. The second-order valence-electron chi connectivity index (χ2n) is 4.44. The van der Waals surface area contributed by atoms with Crippen molar-refractivity contribution < 1.29 is 24.7 Å². The maximum absolute atomic E-state index is 12.0. The standard InChI is InChI=1S/C10H12N4O6/c15-7-1-8(10(17)18)13(4-7)9(16)5-12-3-6(2-11-12)14(19)20/h2-3,7-8,15H,1,4-5H2,(H,17,18)/t7-,8+/m1/s1. The van der Waals surface area contributed by atoms with Crippen LogP contribution >= 0.6 is 0 Å². The van der Waals surface area contributed by atoms with Gasteiger partial charge < -0.3 is 15.1 Å². The van der Waals surface area contributed by atoms with Gasteiger partial charge in [0.25, 0.3) is 0 Å². The number of nitro groups is 1. The fourth-order valence-electron chi connectivity index (χ4n) is 2.09. The van der Waals surface area contributed by atoms with Gasteiger partial charge in [-0.1, -0.05) is 0 Å². The third-order valence-corrected chi connectivity index (χ3v) is 3.01. The highest BCUT2D eigenvalue weighted by Crippen LogP contribution is 2.19. The Bertz CT molecular complexity index is 556. The molecule has 1 aromatic heterocycles. The monoisotopic (exact) mass is 284 g/mol. The summed E-state index contributed by atoms with van der Waals surface area (Å²) in [5, 5.41) is 32.6. The van der Waals surface area contributed by atoms with E-state index in [-0.39, 0.29) is 25.2 Å². The van der Waals surface area contributed by atoms with Crippen LogP contribution in [0.2, 0.25) is 0 Å². The SMILES string of the molecule is O=C(O)[C@@H]1C[C@@H](O)CN1C(=O)Cn1cc([N+](=O)[O-])cn1. The summed E-state index contributed by atoms with van der Waals surface area (Å²) in [5.41, 5.74) is -0.256. The molecule has 2 N–H and O–H groups in total. The first kappa shape index (κ1) is 13.9. The third kappa shape index (κ3) is 2.74. The molecule has 0 spiro atoms. The highest BCUT2D eigenvalue weighted by Gasteiger charge is 2.38. The zero-order valence-electron chi connectivity index (χ0n) is 10.2. The zero-order chi connectivity index (χ0) is 14.9. The van der Waals surface area contributed by atoms with Crippen LogP contribution in [0, 0.1) is 10.1 Å². The van der Waals surface area contributed by atoms with Crippen LogP contribution in [-0.4, -0.2) is 60.4 Å². The van der Waals surface area contributed by atoms with E-state index in [0.717, 1.165) is 22.0 Å². The molecule has 0 saturated carbocycles. The fourth-order valence-corrected chi connectivity index (χ4v) is 2.09. The second kappa shape index (κ2) is 5.25. The molecule has 1 aliphatic heterocycles. The van der Waals surface area contributed by atoms with Crippen LogP contribution in [0.25, 0.3) is 0 Å². The number of hydrogen-bond donors (Lipinski definition) is 2. The van der Waals surface area contributed by atoms with E-state index in [2.05, 4.69) is 5.10 Å². The van der Waals surface area contributed by atoms with Crippen molar-refractivity contribution in [2.24, 2.45) is 0 Å². The quantitative estimate of drug-likeness (QED) is 0.525. The van der Waals surface area contributed by atoms with E-state index >= 15 is 0 Å². The Morgan fingerprint density at radius 2 is 2.25 bits per heavy atom. The Hall–Kier alpha value is -2.49. The van der Waals surface area contributed by atoms with Crippen LogP contribution in [0.4, 0.5) is 5.69 Å². The second-order valence-corrected chi connectivity index (χ2v) is 4.44. The predicted molar refractivity (Wildman–Crippen MR) is 62.6 cm³/mol. The van der Waals surface area contributed by atoms with Crippen LogP contribution in [0.3, 0.4) is 0 Å². The molecule has 2 heterocycles. The number of aromatic nitrogens is 2. The first-order chi connectivity index (χ1) is 9.38. The van der Waals surface area contributed by atoms with Crippen LogP contribution in [-0.2, 0) is 16.1 Å². The first-order valence-corrected chi connectivity index (χ1v) is 5.75. The molecule has 20 heavy (non-hydrogen) atoms. The average molecular weight is 284 g/mol. The molecule has 0 radical (unpaired) electrons. The van der Waals surface area contributed by atoms with Crippen LogP contribution in [0.5, 0.6) is 0 Å². The van der Waals surface area contributed by atoms with E-state index in [1.165, 1.54) is 0 Å². The minimum Gasteiger partial charge on any atom is -0.480 e. The van der Waals surface area contributed by atoms with E-state index in [1.54, 1.807) is 0 Å². The van der Waals surface area contributed by atoms with Gasteiger partial charge in [-0.15, -0.1) is 0 Å². The molecule has 1 aromatic rings. The molecule has 2 atom stereocenters. The number of aliphatic hydroxyl groups is 1. The Kier molecular flexibility index (Phi) is 3.66. The summed E-state index contributed by atoms with van der Waals surface area (Å²) in [6.07, 6.45) is 1.17.